The van der Waals surface area contributed by atoms with Crippen LogP contribution in [0.1, 0.15) is 51.2 Å². The Bertz CT molecular complexity index is 346. The lowest BCUT2D eigenvalue weighted by molar-refractivity contribution is 0.227. The molecule has 0 radical (unpaired) electrons. The first-order chi connectivity index (χ1) is 8.15. The highest BCUT2D eigenvalue weighted by atomic mass is 16.4. The van der Waals surface area contributed by atoms with Crippen molar-refractivity contribution in [2.75, 3.05) is 0 Å². The van der Waals surface area contributed by atoms with Gasteiger partial charge in [-0.3, -0.25) is 0 Å². The lowest BCUT2D eigenvalue weighted by Crippen LogP contribution is -2.35. The Labute approximate surface area is 104 Å². The summed E-state index contributed by atoms with van der Waals surface area (Å²) in [7, 11) is 0. The van der Waals surface area contributed by atoms with Gasteiger partial charge in [0, 0.05) is 6.04 Å². The van der Waals surface area contributed by atoms with E-state index < -0.39 is 0 Å². The third kappa shape index (κ3) is 3.56. The normalized spacial score (nSPS) is 25.4. The van der Waals surface area contributed by atoms with E-state index in [0.717, 1.165) is 30.0 Å². The van der Waals surface area contributed by atoms with Crippen molar-refractivity contribution in [2.24, 2.45) is 11.8 Å². The Morgan fingerprint density at radius 1 is 1.47 bits per heavy atom. The molecular weight excluding hydrogens is 212 g/mol. The van der Waals surface area contributed by atoms with Gasteiger partial charge in [-0.1, -0.05) is 26.7 Å². The van der Waals surface area contributed by atoms with Gasteiger partial charge >= 0.3 is 0 Å². The van der Waals surface area contributed by atoms with Gasteiger partial charge in [-0.25, -0.2) is 4.98 Å². The molecule has 2 rings (SSSR count). The number of hydrogen-bond acceptors (Lipinski definition) is 3. The molecule has 0 bridgehead atoms. The second kappa shape index (κ2) is 5.67. The highest BCUT2D eigenvalue weighted by Crippen LogP contribution is 2.29. The van der Waals surface area contributed by atoms with Gasteiger partial charge in [-0.15, -0.1) is 0 Å². The third-order valence-corrected chi connectivity index (χ3v) is 3.87. The Hall–Kier alpha value is -0.830. The van der Waals surface area contributed by atoms with Crippen LogP contribution in [0, 0.1) is 18.8 Å². The fourth-order valence-corrected chi connectivity index (χ4v) is 2.73. The summed E-state index contributed by atoms with van der Waals surface area (Å²) in [5.41, 5.74) is 0. The van der Waals surface area contributed by atoms with Crippen molar-refractivity contribution in [3.8, 4) is 0 Å². The molecule has 0 aromatic carbocycles. The summed E-state index contributed by atoms with van der Waals surface area (Å²) in [4.78, 5) is 4.23. The van der Waals surface area contributed by atoms with E-state index in [1.807, 2.05) is 6.92 Å². The van der Waals surface area contributed by atoms with Crippen LogP contribution in [-0.2, 0) is 6.54 Å². The number of rotatable bonds is 4. The highest BCUT2D eigenvalue weighted by Gasteiger charge is 2.23. The number of nitrogens with zero attached hydrogens (tertiary/aromatic N) is 1. The Kier molecular flexibility index (Phi) is 4.21. The zero-order valence-electron chi connectivity index (χ0n) is 11.2. The molecule has 0 saturated heterocycles. The summed E-state index contributed by atoms with van der Waals surface area (Å²) in [5.74, 6) is 3.40. The van der Waals surface area contributed by atoms with Crippen LogP contribution in [0.5, 0.6) is 0 Å². The molecule has 2 unspecified atom stereocenters. The quantitative estimate of drug-likeness (QED) is 0.871. The maximum atomic E-state index is 5.48. The monoisotopic (exact) mass is 236 g/mol. The largest absolute Gasteiger partial charge is 0.445 e. The van der Waals surface area contributed by atoms with Gasteiger partial charge < -0.3 is 9.73 Å². The summed E-state index contributed by atoms with van der Waals surface area (Å²) >= 11 is 0. The summed E-state index contributed by atoms with van der Waals surface area (Å²) in [5, 5.41) is 3.58. The first kappa shape index (κ1) is 12.6. The first-order valence-electron chi connectivity index (χ1n) is 6.80. The van der Waals surface area contributed by atoms with Crippen LogP contribution < -0.4 is 5.32 Å². The van der Waals surface area contributed by atoms with E-state index >= 15 is 0 Å². The Balaban J connectivity index is 1.79. The zero-order chi connectivity index (χ0) is 12.3. The molecule has 1 fully saturated rings. The Morgan fingerprint density at radius 3 is 2.94 bits per heavy atom. The number of oxazole rings is 1. The molecule has 0 aliphatic heterocycles. The van der Waals surface area contributed by atoms with E-state index in [-0.39, 0.29) is 0 Å². The van der Waals surface area contributed by atoms with Crippen LogP contribution in [0.3, 0.4) is 0 Å². The predicted octanol–water partition coefficient (Wildman–Crippen LogP) is 3.29. The maximum Gasteiger partial charge on any atom is 0.208 e. The molecule has 3 heteroatoms. The summed E-state index contributed by atoms with van der Waals surface area (Å²) in [6.07, 6.45) is 7.13. The average molecular weight is 236 g/mol. The lowest BCUT2D eigenvalue weighted by atomic mass is 9.79. The maximum absolute atomic E-state index is 5.48. The van der Waals surface area contributed by atoms with Crippen LogP contribution in [0.25, 0.3) is 0 Å². The van der Waals surface area contributed by atoms with Gasteiger partial charge in [0.05, 0.1) is 12.7 Å². The number of aromatic nitrogens is 1. The second-order valence-electron chi connectivity index (χ2n) is 5.61. The topological polar surface area (TPSA) is 38.1 Å². The molecule has 17 heavy (non-hydrogen) atoms. The number of hydrogen-bond donors (Lipinski definition) is 1. The molecule has 3 nitrogen and oxygen atoms in total. The molecule has 1 aromatic heterocycles. The van der Waals surface area contributed by atoms with Crippen LogP contribution in [0.4, 0.5) is 0 Å². The molecular formula is C14H24N2O. The van der Waals surface area contributed by atoms with Gasteiger partial charge in [0.25, 0.3) is 0 Å². The van der Waals surface area contributed by atoms with E-state index in [2.05, 4.69) is 24.1 Å². The summed E-state index contributed by atoms with van der Waals surface area (Å²) < 4.78 is 5.48. The minimum atomic E-state index is 0.642. The standard InChI is InChI=1S/C14H24N2O/c1-10(2)12-5-4-6-13(7-12)15-9-14-16-8-11(3)17-14/h8,10,12-13,15H,4-7,9H2,1-3H3. The van der Waals surface area contributed by atoms with E-state index in [4.69, 9.17) is 4.42 Å². The van der Waals surface area contributed by atoms with Crippen molar-refractivity contribution in [3.05, 3.63) is 17.8 Å². The van der Waals surface area contributed by atoms with Crippen LogP contribution in [-0.4, -0.2) is 11.0 Å². The average Bonchev–Trinajstić information content (AvgIpc) is 2.73. The zero-order valence-corrected chi connectivity index (χ0v) is 11.2. The van der Waals surface area contributed by atoms with Gasteiger partial charge in [0.15, 0.2) is 0 Å². The van der Waals surface area contributed by atoms with Crippen LogP contribution in [0.2, 0.25) is 0 Å². The number of aryl methyl sites for hydroxylation is 1. The fourth-order valence-electron chi connectivity index (χ4n) is 2.73. The smallest absolute Gasteiger partial charge is 0.208 e. The summed E-state index contributed by atoms with van der Waals surface area (Å²) in [6, 6.07) is 0.642. The van der Waals surface area contributed by atoms with Crippen molar-refractivity contribution in [2.45, 2.75) is 59.0 Å². The van der Waals surface area contributed by atoms with Crippen molar-refractivity contribution in [1.29, 1.82) is 0 Å². The van der Waals surface area contributed by atoms with Crippen LogP contribution in [0.15, 0.2) is 10.6 Å². The van der Waals surface area contributed by atoms with Crippen molar-refractivity contribution < 1.29 is 4.42 Å². The molecule has 1 N–H and O–H groups in total. The van der Waals surface area contributed by atoms with Gasteiger partial charge in [-0.2, -0.15) is 0 Å². The number of nitrogens with one attached hydrogen (secondary N) is 1. The third-order valence-electron chi connectivity index (χ3n) is 3.87. The van der Waals surface area contributed by atoms with E-state index in [1.54, 1.807) is 6.20 Å². The fraction of sp³-hybridized carbons (Fsp3) is 0.786. The molecule has 0 amide bonds. The van der Waals surface area contributed by atoms with Gasteiger partial charge in [0.2, 0.25) is 5.89 Å². The van der Waals surface area contributed by atoms with Crippen molar-refractivity contribution in [3.63, 3.8) is 0 Å². The Morgan fingerprint density at radius 2 is 2.29 bits per heavy atom. The molecule has 1 heterocycles. The predicted molar refractivity (Wildman–Crippen MR) is 68.7 cm³/mol. The molecule has 1 aliphatic rings. The SMILES string of the molecule is Cc1cnc(CNC2CCCC(C(C)C)C2)o1. The second-order valence-corrected chi connectivity index (χ2v) is 5.61. The molecule has 0 spiro atoms. The van der Waals surface area contributed by atoms with Crippen molar-refractivity contribution in [1.82, 2.24) is 10.3 Å². The molecule has 1 aromatic rings. The van der Waals surface area contributed by atoms with E-state index in [9.17, 15) is 0 Å². The molecule has 2 atom stereocenters. The van der Waals surface area contributed by atoms with Gasteiger partial charge in [-0.05, 0) is 31.6 Å². The summed E-state index contributed by atoms with van der Waals surface area (Å²) in [6.45, 7) is 7.38. The molecule has 1 saturated carbocycles. The molecule has 96 valence electrons. The van der Waals surface area contributed by atoms with Gasteiger partial charge in [0.1, 0.15) is 5.76 Å². The van der Waals surface area contributed by atoms with Crippen molar-refractivity contribution >= 4 is 0 Å². The van der Waals surface area contributed by atoms with Crippen LogP contribution >= 0.6 is 0 Å². The minimum Gasteiger partial charge on any atom is -0.445 e. The molecule has 1 aliphatic carbocycles. The van der Waals surface area contributed by atoms with E-state index in [1.165, 1.54) is 25.7 Å². The lowest BCUT2D eigenvalue weighted by Gasteiger charge is -2.32. The van der Waals surface area contributed by atoms with E-state index in [0.29, 0.717) is 6.04 Å². The first-order valence-corrected chi connectivity index (χ1v) is 6.80. The highest BCUT2D eigenvalue weighted by molar-refractivity contribution is 4.91. The minimum absolute atomic E-state index is 0.642.